The van der Waals surface area contributed by atoms with Crippen LogP contribution in [0.5, 0.6) is 11.5 Å². The maximum absolute atomic E-state index is 14.0. The maximum atomic E-state index is 14.0. The fraction of sp³-hybridized carbons (Fsp3) is 0. The van der Waals surface area contributed by atoms with Gasteiger partial charge in [0.05, 0.1) is 5.39 Å². The smallest absolute Gasteiger partial charge is 0.167 e. The van der Waals surface area contributed by atoms with Gasteiger partial charge in [-0.2, -0.15) is 0 Å². The molecular weight excluding hydrogens is 307 g/mol. The summed E-state index contributed by atoms with van der Waals surface area (Å²) in [5.74, 6) is 0.108. The van der Waals surface area contributed by atoms with Crippen molar-refractivity contribution in [3.05, 3.63) is 67.0 Å². The number of nitrogen functional groups attached to an aromatic ring is 1. The average Bonchev–Trinajstić information content (AvgIpc) is 3.03. The Morgan fingerprint density at radius 3 is 2.62 bits per heavy atom. The number of nitrogens with one attached hydrogen (secondary N) is 1. The van der Waals surface area contributed by atoms with Crippen molar-refractivity contribution in [2.45, 2.75) is 0 Å². The zero-order valence-corrected chi connectivity index (χ0v) is 12.5. The van der Waals surface area contributed by atoms with E-state index in [4.69, 9.17) is 10.5 Å². The van der Waals surface area contributed by atoms with E-state index in [1.165, 1.54) is 12.1 Å². The van der Waals surface area contributed by atoms with Crippen molar-refractivity contribution in [2.24, 2.45) is 0 Å². The number of benzene rings is 1. The third-order valence-corrected chi connectivity index (χ3v) is 3.70. The van der Waals surface area contributed by atoms with Crippen LogP contribution >= 0.6 is 0 Å². The molecule has 3 heterocycles. The Hall–Kier alpha value is -3.41. The Morgan fingerprint density at radius 1 is 1.00 bits per heavy atom. The van der Waals surface area contributed by atoms with E-state index in [-0.39, 0.29) is 5.75 Å². The molecule has 0 spiro atoms. The molecule has 0 aliphatic rings. The number of halogens is 1. The molecule has 0 saturated carbocycles. The van der Waals surface area contributed by atoms with Crippen LogP contribution in [0.1, 0.15) is 0 Å². The second-order valence-electron chi connectivity index (χ2n) is 5.26. The van der Waals surface area contributed by atoms with Crippen LogP contribution in [-0.2, 0) is 0 Å². The fourth-order valence-corrected chi connectivity index (χ4v) is 2.59. The predicted octanol–water partition coefficient (Wildman–Crippen LogP) is 4.14. The summed E-state index contributed by atoms with van der Waals surface area (Å²) in [7, 11) is 0. The number of aromatic amines is 1. The van der Waals surface area contributed by atoms with Crippen molar-refractivity contribution in [3.63, 3.8) is 0 Å². The Morgan fingerprint density at radius 2 is 1.83 bits per heavy atom. The summed E-state index contributed by atoms with van der Waals surface area (Å²) in [4.78, 5) is 11.4. The third-order valence-electron chi connectivity index (χ3n) is 3.70. The van der Waals surface area contributed by atoms with Gasteiger partial charge in [-0.25, -0.2) is 9.37 Å². The number of ether oxygens (including phenoxy) is 1. The number of nitrogens with two attached hydrogens (primary N) is 1. The number of rotatable bonds is 3. The van der Waals surface area contributed by atoms with Gasteiger partial charge in [0.2, 0.25) is 0 Å². The normalized spacial score (nSPS) is 10.9. The zero-order valence-electron chi connectivity index (χ0n) is 12.5. The Kier molecular flexibility index (Phi) is 3.35. The largest absolute Gasteiger partial charge is 0.453 e. The van der Waals surface area contributed by atoms with Crippen LogP contribution in [0.2, 0.25) is 0 Å². The number of hydrogen-bond acceptors (Lipinski definition) is 4. The predicted molar refractivity (Wildman–Crippen MR) is 90.2 cm³/mol. The molecule has 5 nitrogen and oxygen atoms in total. The van der Waals surface area contributed by atoms with Crippen LogP contribution in [0, 0.1) is 5.82 Å². The quantitative estimate of drug-likeness (QED) is 0.556. The van der Waals surface area contributed by atoms with Crippen molar-refractivity contribution in [2.75, 3.05) is 5.73 Å². The molecule has 0 atom stereocenters. The van der Waals surface area contributed by atoms with Crippen LogP contribution in [-0.4, -0.2) is 15.0 Å². The van der Waals surface area contributed by atoms with E-state index in [1.807, 2.05) is 18.3 Å². The van der Waals surface area contributed by atoms with E-state index in [9.17, 15) is 4.39 Å². The number of fused-ring (bicyclic) bond motifs is 1. The molecule has 0 saturated heterocycles. The average molecular weight is 320 g/mol. The Balaban J connectivity index is 1.85. The molecule has 24 heavy (non-hydrogen) atoms. The number of pyridine rings is 2. The molecule has 4 rings (SSSR count). The van der Waals surface area contributed by atoms with Gasteiger partial charge in [-0.3, -0.25) is 4.98 Å². The molecule has 0 aliphatic heterocycles. The summed E-state index contributed by atoms with van der Waals surface area (Å²) in [5.41, 5.74) is 8.46. The van der Waals surface area contributed by atoms with Gasteiger partial charge in [0.15, 0.2) is 11.6 Å². The Bertz CT molecular complexity index is 1010. The molecule has 0 radical (unpaired) electrons. The minimum atomic E-state index is -0.513. The maximum Gasteiger partial charge on any atom is 0.167 e. The number of nitrogens with zero attached hydrogens (tertiary/aromatic N) is 2. The van der Waals surface area contributed by atoms with Gasteiger partial charge >= 0.3 is 0 Å². The van der Waals surface area contributed by atoms with E-state index in [0.717, 1.165) is 16.5 Å². The first-order valence-electron chi connectivity index (χ1n) is 7.32. The first-order chi connectivity index (χ1) is 11.7. The fourth-order valence-electron chi connectivity index (χ4n) is 2.59. The van der Waals surface area contributed by atoms with Crippen LogP contribution < -0.4 is 10.5 Å². The zero-order chi connectivity index (χ0) is 16.5. The number of H-pyrrole nitrogens is 1. The first-order valence-corrected chi connectivity index (χ1v) is 7.32. The van der Waals surface area contributed by atoms with E-state index in [2.05, 4.69) is 15.0 Å². The van der Waals surface area contributed by atoms with Gasteiger partial charge in [0.25, 0.3) is 0 Å². The highest BCUT2D eigenvalue weighted by atomic mass is 19.1. The molecule has 1 aromatic carbocycles. The van der Waals surface area contributed by atoms with Crippen molar-refractivity contribution in [1.82, 2.24) is 15.0 Å². The van der Waals surface area contributed by atoms with E-state index >= 15 is 0 Å². The van der Waals surface area contributed by atoms with Crippen molar-refractivity contribution in [3.8, 4) is 22.6 Å². The molecule has 4 aromatic rings. The standard InChI is InChI=1S/C18H13FN4O/c19-14-9-12(20)1-2-15(14)24-16-5-8-22-18-17(16)13(10-23-18)11-3-6-21-7-4-11/h1-10H,20H2,(H,22,23). The summed E-state index contributed by atoms with van der Waals surface area (Å²) in [6.45, 7) is 0. The topological polar surface area (TPSA) is 76.8 Å². The van der Waals surface area contributed by atoms with Crippen LogP contribution in [0.15, 0.2) is 61.2 Å². The highest BCUT2D eigenvalue weighted by Gasteiger charge is 2.14. The number of anilines is 1. The minimum absolute atomic E-state index is 0.110. The molecule has 0 unspecified atom stereocenters. The Labute approximate surface area is 136 Å². The van der Waals surface area contributed by atoms with E-state index in [1.54, 1.807) is 30.7 Å². The lowest BCUT2D eigenvalue weighted by molar-refractivity contribution is 0.446. The van der Waals surface area contributed by atoms with Gasteiger partial charge in [0, 0.05) is 42.1 Å². The van der Waals surface area contributed by atoms with Gasteiger partial charge in [0.1, 0.15) is 11.4 Å². The molecule has 3 N–H and O–H groups in total. The van der Waals surface area contributed by atoms with Gasteiger partial charge < -0.3 is 15.5 Å². The summed E-state index contributed by atoms with van der Waals surface area (Å²) in [5, 5.41) is 0.778. The van der Waals surface area contributed by atoms with Crippen molar-refractivity contribution < 1.29 is 9.13 Å². The molecule has 0 amide bonds. The SMILES string of the molecule is Nc1ccc(Oc2ccnc3[nH]cc(-c4ccncc4)c23)c(F)c1. The molecule has 6 heteroatoms. The molecule has 0 bridgehead atoms. The molecule has 0 aliphatic carbocycles. The summed E-state index contributed by atoms with van der Waals surface area (Å²) in [6, 6.07) is 9.82. The monoisotopic (exact) mass is 320 g/mol. The van der Waals surface area contributed by atoms with Crippen molar-refractivity contribution in [1.29, 1.82) is 0 Å². The second kappa shape index (κ2) is 5.66. The molecule has 0 fully saturated rings. The van der Waals surface area contributed by atoms with Crippen LogP contribution in [0.3, 0.4) is 0 Å². The third kappa shape index (κ3) is 2.44. The van der Waals surface area contributed by atoms with E-state index < -0.39 is 5.82 Å². The first kappa shape index (κ1) is 14.2. The molecular formula is C18H13FN4O. The lowest BCUT2D eigenvalue weighted by atomic mass is 10.1. The molecule has 118 valence electrons. The summed E-state index contributed by atoms with van der Waals surface area (Å²) >= 11 is 0. The van der Waals surface area contributed by atoms with E-state index in [0.29, 0.717) is 17.1 Å². The number of aromatic nitrogens is 3. The van der Waals surface area contributed by atoms with Crippen molar-refractivity contribution >= 4 is 16.7 Å². The lowest BCUT2D eigenvalue weighted by Crippen LogP contribution is -1.92. The van der Waals surface area contributed by atoms with Gasteiger partial charge in [-0.15, -0.1) is 0 Å². The highest BCUT2D eigenvalue weighted by molar-refractivity contribution is 5.98. The summed E-state index contributed by atoms with van der Waals surface area (Å²) < 4.78 is 19.8. The number of hydrogen-bond donors (Lipinski definition) is 2. The van der Waals surface area contributed by atoms with Gasteiger partial charge in [-0.1, -0.05) is 0 Å². The molecule has 3 aromatic heterocycles. The minimum Gasteiger partial charge on any atom is -0.453 e. The summed E-state index contributed by atoms with van der Waals surface area (Å²) in [6.07, 6.45) is 6.88. The van der Waals surface area contributed by atoms with Gasteiger partial charge in [-0.05, 0) is 35.9 Å². The van der Waals surface area contributed by atoms with Crippen LogP contribution in [0.4, 0.5) is 10.1 Å². The lowest BCUT2D eigenvalue weighted by Gasteiger charge is -2.09. The highest BCUT2D eigenvalue weighted by Crippen LogP contribution is 2.37. The second-order valence-corrected chi connectivity index (χ2v) is 5.26. The van der Waals surface area contributed by atoms with Crippen LogP contribution in [0.25, 0.3) is 22.2 Å².